The number of methoxy groups -OCH3 is 1. The summed E-state index contributed by atoms with van der Waals surface area (Å²) in [6, 6.07) is 19.8. The fourth-order valence-corrected chi connectivity index (χ4v) is 5.25. The second-order valence-electron chi connectivity index (χ2n) is 7.82. The molecule has 1 amide bonds. The summed E-state index contributed by atoms with van der Waals surface area (Å²) in [5, 5.41) is 7.84. The van der Waals surface area contributed by atoms with Crippen LogP contribution in [0, 0.1) is 13.8 Å². The quantitative estimate of drug-likeness (QED) is 0.477. The molecule has 1 unspecified atom stereocenters. The molecule has 1 N–H and O–H groups in total. The van der Waals surface area contributed by atoms with Gasteiger partial charge < -0.3 is 10.1 Å². The monoisotopic (exact) mass is 457 g/mol. The van der Waals surface area contributed by atoms with E-state index in [1.54, 1.807) is 23.6 Å². The zero-order valence-electron chi connectivity index (χ0n) is 18.6. The van der Waals surface area contributed by atoms with Crippen LogP contribution in [-0.2, 0) is 4.79 Å². The SMILES string of the molecule is COc1ccccc1C1SCC(=O)Nc2c1c(-c1ccccc1)nn2-c1nc(C)cc(C)n1. The van der Waals surface area contributed by atoms with Crippen molar-refractivity contribution in [2.75, 3.05) is 18.2 Å². The van der Waals surface area contributed by atoms with Crippen LogP contribution in [0.4, 0.5) is 5.82 Å². The van der Waals surface area contributed by atoms with E-state index in [0.717, 1.165) is 39.5 Å². The molecule has 1 atom stereocenters. The summed E-state index contributed by atoms with van der Waals surface area (Å²) >= 11 is 1.55. The van der Waals surface area contributed by atoms with Crippen LogP contribution in [0.2, 0.25) is 0 Å². The van der Waals surface area contributed by atoms with Gasteiger partial charge in [-0.1, -0.05) is 48.5 Å². The lowest BCUT2D eigenvalue weighted by atomic mass is 9.99. The van der Waals surface area contributed by atoms with E-state index in [4.69, 9.17) is 9.84 Å². The normalized spacial score (nSPS) is 15.5. The van der Waals surface area contributed by atoms with Crippen molar-refractivity contribution in [3.8, 4) is 23.0 Å². The van der Waals surface area contributed by atoms with Crippen molar-refractivity contribution < 1.29 is 9.53 Å². The first-order valence-electron chi connectivity index (χ1n) is 10.6. The molecule has 33 heavy (non-hydrogen) atoms. The van der Waals surface area contributed by atoms with Crippen molar-refractivity contribution in [1.82, 2.24) is 19.7 Å². The van der Waals surface area contributed by atoms with Crippen LogP contribution in [0.1, 0.15) is 27.8 Å². The third kappa shape index (κ3) is 3.98. The van der Waals surface area contributed by atoms with Crippen molar-refractivity contribution >= 4 is 23.5 Å². The van der Waals surface area contributed by atoms with E-state index in [0.29, 0.717) is 17.5 Å². The highest BCUT2D eigenvalue weighted by atomic mass is 32.2. The van der Waals surface area contributed by atoms with Gasteiger partial charge in [0.25, 0.3) is 5.95 Å². The Labute approximate surface area is 196 Å². The zero-order valence-corrected chi connectivity index (χ0v) is 19.4. The number of fused-ring (bicyclic) bond motifs is 1. The number of nitrogens with one attached hydrogen (secondary N) is 1. The Kier molecular flexibility index (Phi) is 5.60. The maximum atomic E-state index is 12.8. The molecule has 0 saturated carbocycles. The van der Waals surface area contributed by atoms with E-state index in [9.17, 15) is 4.79 Å². The number of para-hydroxylation sites is 1. The molecule has 4 aromatic rings. The number of aryl methyl sites for hydroxylation is 2. The number of thioether (sulfide) groups is 1. The molecule has 0 spiro atoms. The van der Waals surface area contributed by atoms with Gasteiger partial charge in [-0.25, -0.2) is 9.97 Å². The average molecular weight is 458 g/mol. The van der Waals surface area contributed by atoms with E-state index in [-0.39, 0.29) is 11.2 Å². The number of hydrogen-bond acceptors (Lipinski definition) is 6. The molecule has 0 radical (unpaired) electrons. The van der Waals surface area contributed by atoms with Crippen molar-refractivity contribution in [3.05, 3.63) is 83.2 Å². The summed E-state index contributed by atoms with van der Waals surface area (Å²) in [5.74, 6) is 1.99. The minimum atomic E-state index is -0.176. The Morgan fingerprint density at radius 1 is 1.03 bits per heavy atom. The van der Waals surface area contributed by atoms with Crippen LogP contribution in [0.15, 0.2) is 60.7 Å². The number of hydrogen-bond donors (Lipinski definition) is 1. The Hall–Kier alpha value is -3.65. The molecule has 3 heterocycles. The average Bonchev–Trinajstić information content (AvgIpc) is 3.09. The Morgan fingerprint density at radius 2 is 1.73 bits per heavy atom. The van der Waals surface area contributed by atoms with Crippen LogP contribution < -0.4 is 10.1 Å². The number of amides is 1. The van der Waals surface area contributed by atoms with Gasteiger partial charge in [0.2, 0.25) is 5.91 Å². The van der Waals surface area contributed by atoms with Crippen LogP contribution in [0.25, 0.3) is 17.2 Å². The Bertz CT molecular complexity index is 1320. The van der Waals surface area contributed by atoms with Gasteiger partial charge in [0.1, 0.15) is 11.6 Å². The number of rotatable bonds is 4. The van der Waals surface area contributed by atoms with Gasteiger partial charge in [-0.3, -0.25) is 4.79 Å². The van der Waals surface area contributed by atoms with Gasteiger partial charge in [-0.15, -0.1) is 11.8 Å². The predicted octanol–water partition coefficient (Wildman–Crippen LogP) is 4.73. The summed E-state index contributed by atoms with van der Waals surface area (Å²) in [6.07, 6.45) is 0. The van der Waals surface area contributed by atoms with Crippen LogP contribution in [0.3, 0.4) is 0 Å². The molecule has 0 aliphatic carbocycles. The maximum absolute atomic E-state index is 12.8. The van der Waals surface area contributed by atoms with Crippen LogP contribution in [0.5, 0.6) is 5.75 Å². The molecule has 0 fully saturated rings. The van der Waals surface area contributed by atoms with E-state index in [1.165, 1.54) is 0 Å². The number of nitrogens with zero attached hydrogens (tertiary/aromatic N) is 4. The summed E-state index contributed by atoms with van der Waals surface area (Å²) in [4.78, 5) is 22.0. The number of carbonyl (C=O) groups excluding carboxylic acids is 1. The number of carbonyl (C=O) groups is 1. The first kappa shape index (κ1) is 21.2. The molecule has 2 aromatic carbocycles. The number of benzene rings is 2. The van der Waals surface area contributed by atoms with Crippen LogP contribution >= 0.6 is 11.8 Å². The molecule has 0 saturated heterocycles. The Morgan fingerprint density at radius 3 is 2.45 bits per heavy atom. The molecule has 2 aromatic heterocycles. The Balaban J connectivity index is 1.82. The highest BCUT2D eigenvalue weighted by Gasteiger charge is 2.34. The maximum Gasteiger partial charge on any atom is 0.252 e. The first-order valence-corrected chi connectivity index (χ1v) is 11.7. The molecule has 0 bridgehead atoms. The smallest absolute Gasteiger partial charge is 0.252 e. The first-order chi connectivity index (χ1) is 16.0. The molecule has 8 heteroatoms. The van der Waals surface area contributed by atoms with Gasteiger partial charge in [0.15, 0.2) is 0 Å². The lowest BCUT2D eigenvalue weighted by Gasteiger charge is -2.18. The van der Waals surface area contributed by atoms with Gasteiger partial charge in [0.05, 0.1) is 23.8 Å². The lowest BCUT2D eigenvalue weighted by molar-refractivity contribution is -0.113. The van der Waals surface area contributed by atoms with Crippen molar-refractivity contribution in [2.24, 2.45) is 0 Å². The fraction of sp³-hybridized carbons (Fsp3) is 0.200. The van der Waals surface area contributed by atoms with Crippen molar-refractivity contribution in [1.29, 1.82) is 0 Å². The second kappa shape index (κ2) is 8.71. The van der Waals surface area contributed by atoms with E-state index >= 15 is 0 Å². The minimum absolute atomic E-state index is 0.0937. The molecule has 166 valence electrons. The van der Waals surface area contributed by atoms with E-state index in [1.807, 2.05) is 74.5 Å². The highest BCUT2D eigenvalue weighted by molar-refractivity contribution is 8.00. The van der Waals surface area contributed by atoms with E-state index < -0.39 is 0 Å². The molecular weight excluding hydrogens is 434 g/mol. The van der Waals surface area contributed by atoms with Crippen molar-refractivity contribution in [2.45, 2.75) is 19.1 Å². The topological polar surface area (TPSA) is 81.9 Å². The predicted molar refractivity (Wildman–Crippen MR) is 130 cm³/mol. The fourth-order valence-electron chi connectivity index (χ4n) is 4.09. The summed E-state index contributed by atoms with van der Waals surface area (Å²) in [6.45, 7) is 3.84. The van der Waals surface area contributed by atoms with Crippen LogP contribution in [-0.4, -0.2) is 38.5 Å². The molecule has 5 rings (SSSR count). The summed E-state index contributed by atoms with van der Waals surface area (Å²) < 4.78 is 7.34. The zero-order chi connectivity index (χ0) is 22.9. The molecule has 7 nitrogen and oxygen atoms in total. The highest BCUT2D eigenvalue weighted by Crippen LogP contribution is 2.48. The van der Waals surface area contributed by atoms with Crippen molar-refractivity contribution in [3.63, 3.8) is 0 Å². The number of aromatic nitrogens is 4. The van der Waals surface area contributed by atoms with Gasteiger partial charge in [-0.05, 0) is 26.0 Å². The van der Waals surface area contributed by atoms with E-state index in [2.05, 4.69) is 15.3 Å². The lowest BCUT2D eigenvalue weighted by Crippen LogP contribution is -2.17. The van der Waals surface area contributed by atoms with Gasteiger partial charge in [-0.2, -0.15) is 9.78 Å². The molecule has 1 aliphatic heterocycles. The third-order valence-corrected chi connectivity index (χ3v) is 6.70. The van der Waals surface area contributed by atoms with Gasteiger partial charge >= 0.3 is 0 Å². The summed E-state index contributed by atoms with van der Waals surface area (Å²) in [7, 11) is 1.66. The number of anilines is 1. The molecule has 1 aliphatic rings. The summed E-state index contributed by atoms with van der Waals surface area (Å²) in [5.41, 5.74) is 5.29. The standard InChI is InChI=1S/C25H23N5O2S/c1-15-13-16(2)27-25(26-15)30-24-21(22(29-30)17-9-5-4-6-10-17)23(33-14-20(31)28-24)18-11-7-8-12-19(18)32-3/h4-13,23H,14H2,1-3H3,(H,28,31). The second-order valence-corrected chi connectivity index (χ2v) is 8.91. The minimum Gasteiger partial charge on any atom is -0.496 e. The molecular formula is C25H23N5O2S. The number of ether oxygens (including phenoxy) is 1. The largest absolute Gasteiger partial charge is 0.496 e. The third-order valence-electron chi connectivity index (χ3n) is 5.45. The van der Waals surface area contributed by atoms with Gasteiger partial charge in [0, 0.05) is 28.1 Å².